The number of carbonyl (C=O) groups excluding carboxylic acids is 1. The van der Waals surface area contributed by atoms with Crippen LogP contribution in [0.2, 0.25) is 0 Å². The molecule has 0 fully saturated rings. The smallest absolute Gasteiger partial charge is 0.261 e. The topological polar surface area (TPSA) is 29.1 Å². The van der Waals surface area contributed by atoms with Crippen molar-refractivity contribution in [2.75, 3.05) is 11.9 Å². The summed E-state index contributed by atoms with van der Waals surface area (Å²) in [5.41, 5.74) is 1.60. The first-order valence-corrected chi connectivity index (χ1v) is 10.0. The Morgan fingerprint density at radius 2 is 2.00 bits per heavy atom. The molecular weight excluding hydrogens is 346 g/mol. The Morgan fingerprint density at radius 1 is 1.29 bits per heavy atom. The van der Waals surface area contributed by atoms with Crippen LogP contribution in [0.3, 0.4) is 0 Å². The summed E-state index contributed by atoms with van der Waals surface area (Å²) < 4.78 is 0. The van der Waals surface area contributed by atoms with Crippen LogP contribution in [0.4, 0.5) is 0 Å². The van der Waals surface area contributed by atoms with E-state index in [4.69, 9.17) is 0 Å². The molecule has 0 saturated carbocycles. The summed E-state index contributed by atoms with van der Waals surface area (Å²) in [5.74, 6) is 0.111. The lowest BCUT2D eigenvalue weighted by atomic mass is 9.84. The molecular formula is C17H26BrNOS. The van der Waals surface area contributed by atoms with Gasteiger partial charge in [-0.1, -0.05) is 36.2 Å². The van der Waals surface area contributed by atoms with E-state index in [9.17, 15) is 4.79 Å². The van der Waals surface area contributed by atoms with Crippen molar-refractivity contribution < 1.29 is 4.79 Å². The molecule has 1 amide bonds. The van der Waals surface area contributed by atoms with E-state index in [1.807, 2.05) is 0 Å². The first-order valence-electron chi connectivity index (χ1n) is 8.10. The molecule has 4 heteroatoms. The molecule has 21 heavy (non-hydrogen) atoms. The Kier molecular flexibility index (Phi) is 6.30. The van der Waals surface area contributed by atoms with Gasteiger partial charge in [0.15, 0.2) is 0 Å². The van der Waals surface area contributed by atoms with Gasteiger partial charge in [-0.25, -0.2) is 0 Å². The number of amides is 1. The second kappa shape index (κ2) is 7.77. The predicted octanol–water partition coefficient (Wildman–Crippen LogP) is 4.95. The molecule has 0 bridgehead atoms. The molecule has 0 saturated heterocycles. The van der Waals surface area contributed by atoms with Gasteiger partial charge in [-0.2, -0.15) is 0 Å². The summed E-state index contributed by atoms with van der Waals surface area (Å²) in [4.78, 5) is 14.8. The van der Waals surface area contributed by atoms with Crippen LogP contribution in [0.1, 0.15) is 66.1 Å². The molecule has 1 aliphatic carbocycles. The Morgan fingerprint density at radius 3 is 2.67 bits per heavy atom. The van der Waals surface area contributed by atoms with Gasteiger partial charge < -0.3 is 5.32 Å². The van der Waals surface area contributed by atoms with Gasteiger partial charge in [0.05, 0.1) is 4.88 Å². The quantitative estimate of drug-likeness (QED) is 0.556. The van der Waals surface area contributed by atoms with Crippen LogP contribution in [0.15, 0.2) is 6.07 Å². The van der Waals surface area contributed by atoms with Gasteiger partial charge in [-0.3, -0.25) is 4.79 Å². The number of halogens is 1. The Bertz CT molecular complexity index is 447. The number of alkyl halides is 1. The molecule has 1 aliphatic rings. The summed E-state index contributed by atoms with van der Waals surface area (Å²) in [7, 11) is 0. The molecule has 2 nitrogen and oxygen atoms in total. The summed E-state index contributed by atoms with van der Waals surface area (Å²) in [6.45, 7) is 5.15. The number of hydrogen-bond donors (Lipinski definition) is 1. The van der Waals surface area contributed by atoms with E-state index in [0.29, 0.717) is 0 Å². The predicted molar refractivity (Wildman–Crippen MR) is 94.7 cm³/mol. The largest absolute Gasteiger partial charge is 0.351 e. The zero-order valence-corrected chi connectivity index (χ0v) is 15.5. The van der Waals surface area contributed by atoms with Crippen LogP contribution in [-0.2, 0) is 12.8 Å². The summed E-state index contributed by atoms with van der Waals surface area (Å²) in [6.07, 6.45) is 8.32. The molecule has 118 valence electrons. The van der Waals surface area contributed by atoms with Gasteiger partial charge in [0, 0.05) is 16.8 Å². The molecule has 0 aromatic carbocycles. The zero-order chi connectivity index (χ0) is 15.3. The van der Waals surface area contributed by atoms with Crippen LogP contribution in [-0.4, -0.2) is 17.8 Å². The maximum absolute atomic E-state index is 12.4. The third-order valence-electron chi connectivity index (χ3n) is 4.88. The van der Waals surface area contributed by atoms with Crippen molar-refractivity contribution in [3.63, 3.8) is 0 Å². The van der Waals surface area contributed by atoms with E-state index in [2.05, 4.69) is 41.2 Å². The van der Waals surface area contributed by atoms with Gasteiger partial charge in [0.2, 0.25) is 0 Å². The minimum absolute atomic E-state index is 0.111. The monoisotopic (exact) mass is 371 g/mol. The van der Waals surface area contributed by atoms with E-state index in [-0.39, 0.29) is 11.3 Å². The number of thiophene rings is 1. The number of fused-ring (bicyclic) bond motifs is 1. The van der Waals surface area contributed by atoms with Crippen molar-refractivity contribution in [2.24, 2.45) is 5.41 Å². The van der Waals surface area contributed by atoms with E-state index in [0.717, 1.165) is 42.4 Å². The molecule has 0 atom stereocenters. The van der Waals surface area contributed by atoms with Gasteiger partial charge in [0.25, 0.3) is 5.91 Å². The van der Waals surface area contributed by atoms with Gasteiger partial charge in [0.1, 0.15) is 0 Å². The SMILES string of the molecule is CCC(CC)(CBr)CNC(=O)c1cc2c(s1)CCCCC2. The van der Waals surface area contributed by atoms with Crippen molar-refractivity contribution in [1.82, 2.24) is 5.32 Å². The number of hydrogen-bond acceptors (Lipinski definition) is 2. The van der Waals surface area contributed by atoms with Crippen molar-refractivity contribution in [1.29, 1.82) is 0 Å². The van der Waals surface area contributed by atoms with Gasteiger partial charge in [-0.05, 0) is 55.6 Å². The van der Waals surface area contributed by atoms with Crippen molar-refractivity contribution in [3.8, 4) is 0 Å². The first-order chi connectivity index (χ1) is 10.1. The van der Waals surface area contributed by atoms with Crippen LogP contribution in [0.5, 0.6) is 0 Å². The Hall–Kier alpha value is -0.350. The van der Waals surface area contributed by atoms with Crippen molar-refractivity contribution in [2.45, 2.75) is 58.8 Å². The van der Waals surface area contributed by atoms with Crippen LogP contribution in [0.25, 0.3) is 0 Å². The normalized spacial score (nSPS) is 15.4. The minimum atomic E-state index is 0.111. The molecule has 1 N–H and O–H groups in total. The second-order valence-electron chi connectivity index (χ2n) is 6.14. The summed E-state index contributed by atoms with van der Waals surface area (Å²) in [6, 6.07) is 2.13. The lowest BCUT2D eigenvalue weighted by molar-refractivity contribution is 0.0936. The third-order valence-corrected chi connectivity index (χ3v) is 7.30. The summed E-state index contributed by atoms with van der Waals surface area (Å²) in [5, 5.41) is 4.10. The van der Waals surface area contributed by atoms with Crippen LogP contribution >= 0.6 is 27.3 Å². The fourth-order valence-electron chi connectivity index (χ4n) is 2.87. The van der Waals surface area contributed by atoms with E-state index >= 15 is 0 Å². The molecule has 1 aromatic rings. The number of rotatable bonds is 6. The maximum Gasteiger partial charge on any atom is 0.261 e. The number of nitrogens with one attached hydrogen (secondary N) is 1. The molecule has 0 unspecified atom stereocenters. The molecule has 2 rings (SSSR count). The zero-order valence-electron chi connectivity index (χ0n) is 13.1. The fourth-order valence-corrected chi connectivity index (χ4v) is 5.03. The van der Waals surface area contributed by atoms with Crippen molar-refractivity contribution >= 4 is 33.2 Å². The van der Waals surface area contributed by atoms with Gasteiger partial charge in [-0.15, -0.1) is 11.3 Å². The molecule has 0 aliphatic heterocycles. The van der Waals surface area contributed by atoms with E-state index in [1.54, 1.807) is 11.3 Å². The molecule has 0 spiro atoms. The highest BCUT2D eigenvalue weighted by Crippen LogP contribution is 2.30. The van der Waals surface area contributed by atoms with Crippen LogP contribution in [0, 0.1) is 5.41 Å². The average molecular weight is 372 g/mol. The number of aryl methyl sites for hydroxylation is 2. The van der Waals surface area contributed by atoms with Crippen molar-refractivity contribution in [3.05, 3.63) is 21.4 Å². The lowest BCUT2D eigenvalue weighted by Crippen LogP contribution is -2.37. The summed E-state index contributed by atoms with van der Waals surface area (Å²) >= 11 is 5.31. The van der Waals surface area contributed by atoms with Crippen LogP contribution < -0.4 is 5.32 Å². The first kappa shape index (κ1) is 17.0. The highest BCUT2D eigenvalue weighted by atomic mass is 79.9. The molecule has 0 radical (unpaired) electrons. The minimum Gasteiger partial charge on any atom is -0.351 e. The standard InChI is InChI=1S/C17H26BrNOS/c1-3-17(4-2,11-18)12-19-16(20)15-10-13-8-6-5-7-9-14(13)21-15/h10H,3-9,11-12H2,1-2H3,(H,19,20). The van der Waals surface area contributed by atoms with Gasteiger partial charge >= 0.3 is 0 Å². The highest BCUT2D eigenvalue weighted by molar-refractivity contribution is 9.09. The Labute approximate surface area is 140 Å². The lowest BCUT2D eigenvalue weighted by Gasteiger charge is -2.29. The maximum atomic E-state index is 12.4. The van der Waals surface area contributed by atoms with E-state index < -0.39 is 0 Å². The van der Waals surface area contributed by atoms with E-state index in [1.165, 1.54) is 29.7 Å². The number of carbonyl (C=O) groups is 1. The Balaban J connectivity index is 2.00. The average Bonchev–Trinajstić information content (AvgIpc) is 2.80. The second-order valence-corrected chi connectivity index (χ2v) is 7.84. The highest BCUT2D eigenvalue weighted by Gasteiger charge is 2.26. The molecule has 1 heterocycles. The third kappa shape index (κ3) is 4.10. The fraction of sp³-hybridized carbons (Fsp3) is 0.706. The molecule has 1 aromatic heterocycles.